The molecule has 3 rings (SSSR count). The van der Waals surface area contributed by atoms with Gasteiger partial charge in [-0.1, -0.05) is 18.2 Å². The molecule has 0 radical (unpaired) electrons. The second kappa shape index (κ2) is 10.7. The SMILES string of the molecule is C=CCSc1ccccc1NC(=O)CN1CCN(c2ccc(C(F)(F)F)cc2[N+](=O)[O-])CC1. The zero-order valence-corrected chi connectivity index (χ0v) is 18.5. The van der Waals surface area contributed by atoms with Gasteiger partial charge in [0.15, 0.2) is 0 Å². The monoisotopic (exact) mass is 480 g/mol. The summed E-state index contributed by atoms with van der Waals surface area (Å²) in [5, 5.41) is 14.3. The Hall–Kier alpha value is -3.05. The van der Waals surface area contributed by atoms with Crippen LogP contribution in [-0.4, -0.2) is 54.2 Å². The van der Waals surface area contributed by atoms with Crippen LogP contribution in [0.15, 0.2) is 60.0 Å². The number of nitro benzene ring substituents is 1. The normalized spacial score (nSPS) is 14.7. The third kappa shape index (κ3) is 6.48. The summed E-state index contributed by atoms with van der Waals surface area (Å²) in [6.07, 6.45) is -2.87. The van der Waals surface area contributed by atoms with Gasteiger partial charge in [0.2, 0.25) is 5.91 Å². The number of nitrogens with zero attached hydrogens (tertiary/aromatic N) is 3. The Bertz CT molecular complexity index is 1020. The molecular weight excluding hydrogens is 457 g/mol. The van der Waals surface area contributed by atoms with Gasteiger partial charge in [-0.25, -0.2) is 0 Å². The number of thioether (sulfide) groups is 1. The predicted molar refractivity (Wildman–Crippen MR) is 123 cm³/mol. The second-order valence-electron chi connectivity index (χ2n) is 7.37. The third-order valence-electron chi connectivity index (χ3n) is 5.10. The molecule has 1 heterocycles. The minimum atomic E-state index is -4.65. The summed E-state index contributed by atoms with van der Waals surface area (Å²) in [5.41, 5.74) is -0.775. The van der Waals surface area contributed by atoms with Crippen molar-refractivity contribution >= 4 is 34.7 Å². The minimum absolute atomic E-state index is 0.142. The highest BCUT2D eigenvalue weighted by Gasteiger charge is 2.34. The van der Waals surface area contributed by atoms with Crippen molar-refractivity contribution in [1.29, 1.82) is 0 Å². The van der Waals surface area contributed by atoms with Crippen LogP contribution in [0, 0.1) is 10.1 Å². The van der Waals surface area contributed by atoms with E-state index in [1.54, 1.807) is 22.7 Å². The number of nitro groups is 1. The van der Waals surface area contributed by atoms with E-state index in [9.17, 15) is 28.1 Å². The molecule has 0 unspecified atom stereocenters. The van der Waals surface area contributed by atoms with Crippen LogP contribution < -0.4 is 10.2 Å². The second-order valence-corrected chi connectivity index (χ2v) is 8.43. The van der Waals surface area contributed by atoms with Crippen molar-refractivity contribution in [2.45, 2.75) is 11.1 Å². The van der Waals surface area contributed by atoms with Gasteiger partial charge in [0.05, 0.1) is 22.7 Å². The Morgan fingerprint density at radius 1 is 1.18 bits per heavy atom. The number of hydrogen-bond donors (Lipinski definition) is 1. The molecule has 176 valence electrons. The van der Waals surface area contributed by atoms with Gasteiger partial charge in [-0.05, 0) is 24.3 Å². The van der Waals surface area contributed by atoms with E-state index in [0.717, 1.165) is 17.0 Å². The molecule has 0 spiro atoms. The fraction of sp³-hybridized carbons (Fsp3) is 0.318. The first kappa shape index (κ1) is 24.6. The largest absolute Gasteiger partial charge is 0.416 e. The van der Waals surface area contributed by atoms with E-state index >= 15 is 0 Å². The summed E-state index contributed by atoms with van der Waals surface area (Å²) in [5.74, 6) is 0.529. The van der Waals surface area contributed by atoms with Crippen molar-refractivity contribution in [1.82, 2.24) is 4.90 Å². The average Bonchev–Trinajstić information content (AvgIpc) is 2.78. The van der Waals surface area contributed by atoms with Crippen molar-refractivity contribution < 1.29 is 22.9 Å². The molecular formula is C22H23F3N4O3S. The Morgan fingerprint density at radius 3 is 2.52 bits per heavy atom. The lowest BCUT2D eigenvalue weighted by Gasteiger charge is -2.35. The summed E-state index contributed by atoms with van der Waals surface area (Å²) in [6.45, 7) is 5.43. The Labute approximate surface area is 193 Å². The molecule has 0 bridgehead atoms. The lowest BCUT2D eigenvalue weighted by molar-refractivity contribution is -0.384. The fourth-order valence-corrected chi connectivity index (χ4v) is 4.24. The van der Waals surface area contributed by atoms with E-state index in [4.69, 9.17) is 0 Å². The predicted octanol–water partition coefficient (Wildman–Crippen LogP) is 4.65. The lowest BCUT2D eigenvalue weighted by atomic mass is 10.1. The average molecular weight is 481 g/mol. The number of hydrogen-bond acceptors (Lipinski definition) is 6. The van der Waals surface area contributed by atoms with Crippen molar-refractivity contribution in [2.75, 3.05) is 48.7 Å². The van der Waals surface area contributed by atoms with Crippen LogP contribution in [0.1, 0.15) is 5.56 Å². The molecule has 1 aliphatic rings. The van der Waals surface area contributed by atoms with Crippen molar-refractivity contribution in [3.05, 3.63) is 70.8 Å². The maximum Gasteiger partial charge on any atom is 0.416 e. The smallest absolute Gasteiger partial charge is 0.363 e. The van der Waals surface area contributed by atoms with Gasteiger partial charge in [-0.3, -0.25) is 19.8 Å². The molecule has 7 nitrogen and oxygen atoms in total. The summed E-state index contributed by atoms with van der Waals surface area (Å²) in [4.78, 5) is 27.6. The minimum Gasteiger partial charge on any atom is -0.363 e. The fourth-order valence-electron chi connectivity index (χ4n) is 3.50. The molecule has 2 aromatic rings. The number of amides is 1. The van der Waals surface area contributed by atoms with Crippen LogP contribution in [0.25, 0.3) is 0 Å². The van der Waals surface area contributed by atoms with Gasteiger partial charge in [-0.2, -0.15) is 13.2 Å². The number of benzene rings is 2. The van der Waals surface area contributed by atoms with Gasteiger partial charge < -0.3 is 10.2 Å². The molecule has 1 amide bonds. The number of alkyl halides is 3. The molecule has 33 heavy (non-hydrogen) atoms. The van der Waals surface area contributed by atoms with Gasteiger partial charge in [0.1, 0.15) is 5.69 Å². The van der Waals surface area contributed by atoms with Crippen LogP contribution in [0.4, 0.5) is 30.2 Å². The molecule has 0 atom stereocenters. The first-order valence-corrected chi connectivity index (χ1v) is 11.1. The Morgan fingerprint density at radius 2 is 1.88 bits per heavy atom. The summed E-state index contributed by atoms with van der Waals surface area (Å²) in [7, 11) is 0. The number of carbonyl (C=O) groups excluding carboxylic acids is 1. The van der Waals surface area contributed by atoms with Gasteiger partial charge >= 0.3 is 6.18 Å². The zero-order chi connectivity index (χ0) is 24.0. The molecule has 11 heteroatoms. The van der Waals surface area contributed by atoms with Gasteiger partial charge in [-0.15, -0.1) is 18.3 Å². The summed E-state index contributed by atoms with van der Waals surface area (Å²) < 4.78 is 38.8. The summed E-state index contributed by atoms with van der Waals surface area (Å²) >= 11 is 1.56. The molecule has 0 saturated carbocycles. The van der Waals surface area contributed by atoms with E-state index in [1.807, 2.05) is 29.2 Å². The van der Waals surface area contributed by atoms with Gasteiger partial charge in [0, 0.05) is 42.9 Å². The van der Waals surface area contributed by atoms with Crippen molar-refractivity contribution in [2.24, 2.45) is 0 Å². The molecule has 1 N–H and O–H groups in total. The number of piperazine rings is 1. The standard InChI is InChI=1S/C22H23F3N4O3S/c1-2-13-33-20-6-4-3-5-17(20)26-21(30)15-27-9-11-28(12-10-27)18-8-7-16(22(23,24)25)14-19(18)29(31)32/h2-8,14H,1,9-13,15H2,(H,26,30). The Balaban J connectivity index is 1.60. The highest BCUT2D eigenvalue weighted by atomic mass is 32.2. The maximum atomic E-state index is 12.9. The van der Waals surface area contributed by atoms with Crippen LogP contribution in [0.5, 0.6) is 0 Å². The quantitative estimate of drug-likeness (QED) is 0.256. The molecule has 0 aromatic heterocycles. The first-order chi connectivity index (χ1) is 15.7. The highest BCUT2D eigenvalue weighted by Crippen LogP contribution is 2.36. The Kier molecular flexibility index (Phi) is 7.98. The topological polar surface area (TPSA) is 78.7 Å². The maximum absolute atomic E-state index is 12.9. The van der Waals surface area contributed by atoms with Crippen LogP contribution in [-0.2, 0) is 11.0 Å². The molecule has 1 fully saturated rings. The number of para-hydroxylation sites is 1. The summed E-state index contributed by atoms with van der Waals surface area (Å²) in [6, 6.07) is 10.0. The number of halogens is 3. The van der Waals surface area contributed by atoms with Crippen molar-refractivity contribution in [3.63, 3.8) is 0 Å². The number of carbonyl (C=O) groups is 1. The molecule has 0 aliphatic carbocycles. The molecule has 1 saturated heterocycles. The number of rotatable bonds is 8. The third-order valence-corrected chi connectivity index (χ3v) is 6.17. The first-order valence-electron chi connectivity index (χ1n) is 10.1. The van der Waals surface area contributed by atoms with Crippen molar-refractivity contribution in [3.8, 4) is 0 Å². The highest BCUT2D eigenvalue weighted by molar-refractivity contribution is 7.99. The zero-order valence-electron chi connectivity index (χ0n) is 17.7. The van der Waals surface area contributed by atoms with Crippen LogP contribution >= 0.6 is 11.8 Å². The van der Waals surface area contributed by atoms with E-state index in [1.165, 1.54) is 0 Å². The van der Waals surface area contributed by atoms with Gasteiger partial charge in [0.25, 0.3) is 5.69 Å². The van der Waals surface area contributed by atoms with E-state index in [-0.39, 0.29) is 18.1 Å². The van der Waals surface area contributed by atoms with E-state index in [2.05, 4.69) is 11.9 Å². The lowest BCUT2D eigenvalue weighted by Crippen LogP contribution is -2.48. The molecule has 2 aromatic carbocycles. The number of anilines is 2. The van der Waals surface area contributed by atoms with E-state index in [0.29, 0.717) is 43.7 Å². The molecule has 1 aliphatic heterocycles. The van der Waals surface area contributed by atoms with Crippen LogP contribution in [0.3, 0.4) is 0 Å². The van der Waals surface area contributed by atoms with E-state index < -0.39 is 22.4 Å². The van der Waals surface area contributed by atoms with Crippen LogP contribution in [0.2, 0.25) is 0 Å². The number of nitrogens with one attached hydrogen (secondary N) is 1.